The first-order valence-corrected chi connectivity index (χ1v) is 4.26. The van der Waals surface area contributed by atoms with E-state index in [1.165, 1.54) is 30.4 Å². The van der Waals surface area contributed by atoms with E-state index in [0.717, 1.165) is 0 Å². The van der Waals surface area contributed by atoms with Crippen molar-refractivity contribution in [2.24, 2.45) is 0 Å². The second-order valence-electron chi connectivity index (χ2n) is 3.30. The molecule has 0 saturated heterocycles. The lowest BCUT2D eigenvalue weighted by atomic mass is 9.91. The van der Waals surface area contributed by atoms with Gasteiger partial charge in [0.05, 0.1) is 0 Å². The number of hydrogen-bond donors (Lipinski definition) is 0. The van der Waals surface area contributed by atoms with E-state index >= 15 is 0 Å². The fourth-order valence-electron chi connectivity index (χ4n) is 1.70. The Bertz CT molecular complexity index is 261. The Morgan fingerprint density at radius 3 is 3.00 bits per heavy atom. The second-order valence-corrected chi connectivity index (χ2v) is 3.30. The standard InChI is InChI=1S/C11H13/c1-9-6-7-10-4-2-3-5-11(10)8-9/h3,6-8H,2,4-5H2,1H3. The molecule has 1 aliphatic rings. The van der Waals surface area contributed by atoms with Crippen molar-refractivity contribution < 1.29 is 0 Å². The number of rotatable bonds is 0. The summed E-state index contributed by atoms with van der Waals surface area (Å²) < 4.78 is 0. The summed E-state index contributed by atoms with van der Waals surface area (Å²) in [4.78, 5) is 0. The van der Waals surface area contributed by atoms with Gasteiger partial charge in [0.1, 0.15) is 0 Å². The minimum absolute atomic E-state index is 1.18. The zero-order chi connectivity index (χ0) is 7.68. The Labute approximate surface area is 68.3 Å². The largest absolute Gasteiger partial charge is 0.0590 e. The molecule has 1 aromatic rings. The van der Waals surface area contributed by atoms with E-state index in [9.17, 15) is 0 Å². The van der Waals surface area contributed by atoms with Crippen LogP contribution in [-0.4, -0.2) is 0 Å². The molecule has 0 fully saturated rings. The topological polar surface area (TPSA) is 0 Å². The van der Waals surface area contributed by atoms with Gasteiger partial charge in [-0.15, -0.1) is 0 Å². The molecule has 2 rings (SSSR count). The number of hydrogen-bond acceptors (Lipinski definition) is 0. The van der Waals surface area contributed by atoms with Crippen LogP contribution in [-0.2, 0) is 12.8 Å². The van der Waals surface area contributed by atoms with Crippen LogP contribution in [0.4, 0.5) is 0 Å². The zero-order valence-electron chi connectivity index (χ0n) is 6.93. The highest BCUT2D eigenvalue weighted by molar-refractivity contribution is 5.34. The van der Waals surface area contributed by atoms with E-state index in [2.05, 4.69) is 31.5 Å². The highest BCUT2D eigenvalue weighted by atomic mass is 14.1. The predicted molar refractivity (Wildman–Crippen MR) is 47.5 cm³/mol. The molecule has 1 aromatic carbocycles. The van der Waals surface area contributed by atoms with Gasteiger partial charge in [-0.3, -0.25) is 0 Å². The first-order valence-electron chi connectivity index (χ1n) is 4.26. The normalized spacial score (nSPS) is 16.1. The fourth-order valence-corrected chi connectivity index (χ4v) is 1.70. The first kappa shape index (κ1) is 6.90. The average Bonchev–Trinajstić information content (AvgIpc) is 2.04. The predicted octanol–water partition coefficient (Wildman–Crippen LogP) is 2.69. The van der Waals surface area contributed by atoms with Crippen LogP contribution < -0.4 is 0 Å². The van der Waals surface area contributed by atoms with Gasteiger partial charge in [-0.1, -0.05) is 23.8 Å². The lowest BCUT2D eigenvalue weighted by Crippen LogP contribution is -2.02. The molecule has 0 unspecified atom stereocenters. The molecule has 0 amide bonds. The molecule has 11 heavy (non-hydrogen) atoms. The Kier molecular flexibility index (Phi) is 1.69. The molecule has 57 valence electrons. The molecule has 1 radical (unpaired) electrons. The van der Waals surface area contributed by atoms with Gasteiger partial charge in [0.25, 0.3) is 0 Å². The number of aryl methyl sites for hydroxylation is 2. The van der Waals surface area contributed by atoms with Crippen molar-refractivity contribution in [1.82, 2.24) is 0 Å². The van der Waals surface area contributed by atoms with Gasteiger partial charge in [0.2, 0.25) is 0 Å². The molecular weight excluding hydrogens is 132 g/mol. The van der Waals surface area contributed by atoms with E-state index in [0.29, 0.717) is 0 Å². The van der Waals surface area contributed by atoms with Crippen LogP contribution in [0.15, 0.2) is 18.2 Å². The van der Waals surface area contributed by atoms with Gasteiger partial charge in [0.15, 0.2) is 0 Å². The van der Waals surface area contributed by atoms with Crippen molar-refractivity contribution in [1.29, 1.82) is 0 Å². The van der Waals surface area contributed by atoms with Crippen molar-refractivity contribution in [3.8, 4) is 0 Å². The molecule has 0 aliphatic heterocycles. The maximum atomic E-state index is 2.38. The fraction of sp³-hybridized carbons (Fsp3) is 0.364. The molecule has 0 bridgehead atoms. The van der Waals surface area contributed by atoms with Crippen LogP contribution in [0.5, 0.6) is 0 Å². The molecule has 1 aliphatic carbocycles. The molecule has 0 heteroatoms. The summed E-state index contributed by atoms with van der Waals surface area (Å²) in [6, 6.07) is 6.80. The van der Waals surface area contributed by atoms with Gasteiger partial charge >= 0.3 is 0 Å². The molecule has 0 nitrogen and oxygen atoms in total. The Balaban J connectivity index is 2.43. The van der Waals surface area contributed by atoms with Crippen LogP contribution in [0.2, 0.25) is 0 Å². The van der Waals surface area contributed by atoms with Crippen molar-refractivity contribution >= 4 is 0 Å². The highest BCUT2D eigenvalue weighted by Gasteiger charge is 2.07. The smallest absolute Gasteiger partial charge is 0.0245 e. The Morgan fingerprint density at radius 1 is 1.18 bits per heavy atom. The third kappa shape index (κ3) is 1.30. The number of benzene rings is 1. The van der Waals surface area contributed by atoms with E-state index in [1.807, 2.05) is 0 Å². The third-order valence-electron chi connectivity index (χ3n) is 2.34. The molecular formula is C11H13. The Hall–Kier alpha value is -0.780. The van der Waals surface area contributed by atoms with E-state index in [-0.39, 0.29) is 0 Å². The van der Waals surface area contributed by atoms with Gasteiger partial charge < -0.3 is 0 Å². The van der Waals surface area contributed by atoms with E-state index < -0.39 is 0 Å². The SMILES string of the molecule is Cc1ccc2c(c1)C[CH]CC2. The van der Waals surface area contributed by atoms with Crippen molar-refractivity contribution in [2.75, 3.05) is 0 Å². The van der Waals surface area contributed by atoms with Gasteiger partial charge in [0, 0.05) is 0 Å². The lowest BCUT2D eigenvalue weighted by molar-refractivity contribution is 0.828. The van der Waals surface area contributed by atoms with E-state index in [4.69, 9.17) is 0 Å². The quantitative estimate of drug-likeness (QED) is 0.526. The average molecular weight is 145 g/mol. The molecule has 0 atom stereocenters. The monoisotopic (exact) mass is 145 g/mol. The van der Waals surface area contributed by atoms with Gasteiger partial charge in [-0.05, 0) is 43.7 Å². The molecule has 0 N–H and O–H groups in total. The highest BCUT2D eigenvalue weighted by Crippen LogP contribution is 2.20. The van der Waals surface area contributed by atoms with Crippen LogP contribution in [0, 0.1) is 13.3 Å². The van der Waals surface area contributed by atoms with E-state index in [1.54, 1.807) is 5.56 Å². The molecule has 0 heterocycles. The molecule has 0 spiro atoms. The summed E-state index contributed by atoms with van der Waals surface area (Å²) >= 11 is 0. The lowest BCUT2D eigenvalue weighted by Gasteiger charge is -2.15. The van der Waals surface area contributed by atoms with Gasteiger partial charge in [-0.25, -0.2) is 0 Å². The maximum Gasteiger partial charge on any atom is -0.0245 e. The number of fused-ring (bicyclic) bond motifs is 1. The summed E-state index contributed by atoms with van der Waals surface area (Å²) in [7, 11) is 0. The Morgan fingerprint density at radius 2 is 2.09 bits per heavy atom. The first-order chi connectivity index (χ1) is 5.36. The summed E-state index contributed by atoms with van der Waals surface area (Å²) in [5.41, 5.74) is 4.48. The van der Waals surface area contributed by atoms with Crippen molar-refractivity contribution in [3.05, 3.63) is 41.3 Å². The van der Waals surface area contributed by atoms with Crippen molar-refractivity contribution in [2.45, 2.75) is 26.2 Å². The van der Waals surface area contributed by atoms with Crippen LogP contribution >= 0.6 is 0 Å². The summed E-state index contributed by atoms with van der Waals surface area (Å²) in [5, 5.41) is 0. The second kappa shape index (κ2) is 2.69. The van der Waals surface area contributed by atoms with Crippen LogP contribution in [0.1, 0.15) is 23.1 Å². The maximum absolute atomic E-state index is 2.38. The third-order valence-corrected chi connectivity index (χ3v) is 2.34. The summed E-state index contributed by atoms with van der Waals surface area (Å²) in [6.45, 7) is 2.16. The van der Waals surface area contributed by atoms with Gasteiger partial charge in [-0.2, -0.15) is 0 Å². The summed E-state index contributed by atoms with van der Waals surface area (Å²) in [6.07, 6.45) is 6.06. The van der Waals surface area contributed by atoms with Crippen molar-refractivity contribution in [3.63, 3.8) is 0 Å². The molecule has 0 saturated carbocycles. The zero-order valence-corrected chi connectivity index (χ0v) is 6.93. The minimum Gasteiger partial charge on any atom is -0.0590 e. The van der Waals surface area contributed by atoms with Crippen LogP contribution in [0.3, 0.4) is 0 Å². The van der Waals surface area contributed by atoms with Crippen LogP contribution in [0.25, 0.3) is 0 Å². The summed E-state index contributed by atoms with van der Waals surface area (Å²) in [5.74, 6) is 0. The molecule has 0 aromatic heterocycles. The minimum atomic E-state index is 1.18.